The van der Waals surface area contributed by atoms with E-state index in [0.717, 1.165) is 11.3 Å². The minimum atomic E-state index is -1.02. The molecule has 192 valence electrons. The van der Waals surface area contributed by atoms with E-state index in [1.54, 1.807) is 44.2 Å². The topological polar surface area (TPSA) is 111 Å². The minimum absolute atomic E-state index is 0.149. The Labute approximate surface area is 219 Å². The molecule has 0 amide bonds. The van der Waals surface area contributed by atoms with Crippen LogP contribution in [0, 0.1) is 5.82 Å². The second kappa shape index (κ2) is 10.1. The van der Waals surface area contributed by atoms with Gasteiger partial charge in [-0.05, 0) is 55.8 Å². The summed E-state index contributed by atoms with van der Waals surface area (Å²) in [7, 11) is 0. The molecule has 0 saturated carbocycles. The summed E-state index contributed by atoms with van der Waals surface area (Å²) in [5, 5.41) is 9.09. The fraction of sp³-hybridized carbons (Fsp3) is 0.143. The molecule has 0 aliphatic carbocycles. The molecule has 2 aromatic carbocycles. The summed E-state index contributed by atoms with van der Waals surface area (Å²) in [6.45, 7) is 3.51. The first-order chi connectivity index (χ1) is 18.3. The molecule has 4 aromatic rings. The molecule has 10 heteroatoms. The molecule has 1 N–H and O–H groups in total. The SMILES string of the molecule is CCOC(=O)C1=C(C)N=c2s/c(=C/c3ccc(-c4ccc(C(=O)O)cc4)o3)c(=O)n2[C@@H]1c1ccc(F)cc1. The van der Waals surface area contributed by atoms with Crippen molar-refractivity contribution in [2.45, 2.75) is 19.9 Å². The molecular formula is C28H21FN2O6S. The van der Waals surface area contributed by atoms with Crippen molar-refractivity contribution in [3.63, 3.8) is 0 Å². The van der Waals surface area contributed by atoms with Gasteiger partial charge in [0.2, 0.25) is 0 Å². The molecule has 0 spiro atoms. The summed E-state index contributed by atoms with van der Waals surface area (Å²) in [5.41, 5.74) is 1.62. The number of carboxylic acid groups (broad SMARTS) is 1. The Morgan fingerprint density at radius 3 is 2.50 bits per heavy atom. The van der Waals surface area contributed by atoms with Crippen LogP contribution in [0.1, 0.15) is 41.6 Å². The highest BCUT2D eigenvalue weighted by molar-refractivity contribution is 7.07. The van der Waals surface area contributed by atoms with Crippen LogP contribution in [0.25, 0.3) is 17.4 Å². The number of aromatic nitrogens is 1. The van der Waals surface area contributed by atoms with Gasteiger partial charge in [-0.25, -0.2) is 19.0 Å². The zero-order valence-corrected chi connectivity index (χ0v) is 21.1. The summed E-state index contributed by atoms with van der Waals surface area (Å²) >= 11 is 1.14. The highest BCUT2D eigenvalue weighted by Crippen LogP contribution is 2.31. The first-order valence-electron chi connectivity index (χ1n) is 11.7. The monoisotopic (exact) mass is 532 g/mol. The molecule has 2 aromatic heterocycles. The van der Waals surface area contributed by atoms with E-state index in [1.165, 1.54) is 41.0 Å². The van der Waals surface area contributed by atoms with E-state index in [9.17, 15) is 18.8 Å². The zero-order valence-electron chi connectivity index (χ0n) is 20.3. The van der Waals surface area contributed by atoms with E-state index in [4.69, 9.17) is 14.3 Å². The van der Waals surface area contributed by atoms with Crippen LogP contribution in [0.2, 0.25) is 0 Å². The summed E-state index contributed by atoms with van der Waals surface area (Å²) in [5.74, 6) is -1.14. The van der Waals surface area contributed by atoms with Crippen LogP contribution >= 0.6 is 11.3 Å². The zero-order chi connectivity index (χ0) is 27.0. The van der Waals surface area contributed by atoms with Crippen LogP contribution < -0.4 is 14.9 Å². The number of halogens is 1. The third kappa shape index (κ3) is 4.61. The maximum absolute atomic E-state index is 13.7. The summed E-state index contributed by atoms with van der Waals surface area (Å²) in [6, 6.07) is 14.4. The highest BCUT2D eigenvalue weighted by Gasteiger charge is 2.33. The van der Waals surface area contributed by atoms with Gasteiger partial charge in [0.05, 0.1) is 34.0 Å². The van der Waals surface area contributed by atoms with Crippen LogP contribution in [-0.2, 0) is 9.53 Å². The molecule has 0 radical (unpaired) electrons. The number of carbonyl (C=O) groups is 2. The van der Waals surface area contributed by atoms with Gasteiger partial charge in [-0.15, -0.1) is 0 Å². The Bertz CT molecular complexity index is 1760. The number of allylic oxidation sites excluding steroid dienone is 1. The van der Waals surface area contributed by atoms with Crippen LogP contribution in [0.4, 0.5) is 4.39 Å². The molecule has 8 nitrogen and oxygen atoms in total. The first kappa shape index (κ1) is 25.1. The molecule has 5 rings (SSSR count). The van der Waals surface area contributed by atoms with E-state index < -0.39 is 23.8 Å². The standard InChI is InChI=1S/C28H21FN2O6S/c1-3-36-27(35)23-15(2)30-28-31(24(23)17-8-10-19(29)11-9-17)25(32)22(38-28)14-20-12-13-21(37-20)16-4-6-18(7-5-16)26(33)34/h4-14,24H,3H2,1-2H3,(H,33,34)/b22-14+/t24-/m1/s1. The van der Waals surface area contributed by atoms with Crippen LogP contribution in [0.3, 0.4) is 0 Å². The molecule has 1 aliphatic heterocycles. The number of thiazole rings is 1. The third-order valence-electron chi connectivity index (χ3n) is 6.02. The second-order valence-corrected chi connectivity index (χ2v) is 9.45. The van der Waals surface area contributed by atoms with Crippen LogP contribution in [0.15, 0.2) is 86.1 Å². The number of carbonyl (C=O) groups excluding carboxylic acids is 1. The average molecular weight is 533 g/mol. The molecule has 0 bridgehead atoms. The molecule has 0 saturated heterocycles. The van der Waals surface area contributed by atoms with Gasteiger partial charge >= 0.3 is 11.9 Å². The lowest BCUT2D eigenvalue weighted by molar-refractivity contribution is -0.139. The highest BCUT2D eigenvalue weighted by atomic mass is 32.1. The van der Waals surface area contributed by atoms with Gasteiger partial charge in [-0.3, -0.25) is 9.36 Å². The molecule has 1 atom stereocenters. The average Bonchev–Trinajstić information content (AvgIpc) is 3.48. The van der Waals surface area contributed by atoms with Gasteiger partial charge in [0.1, 0.15) is 17.3 Å². The van der Waals surface area contributed by atoms with Crippen molar-refractivity contribution in [3.8, 4) is 11.3 Å². The van der Waals surface area contributed by atoms with Gasteiger partial charge < -0.3 is 14.3 Å². The Hall–Kier alpha value is -4.57. The molecule has 0 fully saturated rings. The van der Waals surface area contributed by atoms with E-state index in [-0.39, 0.29) is 23.3 Å². The van der Waals surface area contributed by atoms with E-state index in [2.05, 4.69) is 4.99 Å². The van der Waals surface area contributed by atoms with Gasteiger partial charge in [-0.1, -0.05) is 35.6 Å². The molecule has 38 heavy (non-hydrogen) atoms. The number of furan rings is 1. The quantitative estimate of drug-likeness (QED) is 0.377. The number of ether oxygens (including phenoxy) is 1. The fourth-order valence-corrected chi connectivity index (χ4v) is 5.27. The molecule has 1 aliphatic rings. The Morgan fingerprint density at radius 2 is 1.84 bits per heavy atom. The third-order valence-corrected chi connectivity index (χ3v) is 7.00. The van der Waals surface area contributed by atoms with Crippen molar-refractivity contribution in [2.75, 3.05) is 6.61 Å². The van der Waals surface area contributed by atoms with Gasteiger partial charge in [-0.2, -0.15) is 0 Å². The number of hydrogen-bond acceptors (Lipinski definition) is 7. The molecule has 3 heterocycles. The maximum Gasteiger partial charge on any atom is 0.338 e. The Kier molecular flexibility index (Phi) is 6.64. The fourth-order valence-electron chi connectivity index (χ4n) is 4.24. The molecule has 0 unspecified atom stereocenters. The van der Waals surface area contributed by atoms with Crippen molar-refractivity contribution in [3.05, 3.63) is 114 Å². The van der Waals surface area contributed by atoms with Gasteiger partial charge in [0.15, 0.2) is 4.80 Å². The lowest BCUT2D eigenvalue weighted by Gasteiger charge is -2.24. The lowest BCUT2D eigenvalue weighted by atomic mass is 9.96. The van der Waals surface area contributed by atoms with E-state index in [0.29, 0.717) is 37.7 Å². The predicted molar refractivity (Wildman–Crippen MR) is 138 cm³/mol. The lowest BCUT2D eigenvalue weighted by Crippen LogP contribution is -2.39. The number of carboxylic acids is 1. The summed E-state index contributed by atoms with van der Waals surface area (Å²) in [4.78, 5) is 42.5. The number of nitrogens with zero attached hydrogens (tertiary/aromatic N) is 2. The largest absolute Gasteiger partial charge is 0.478 e. The van der Waals surface area contributed by atoms with Crippen molar-refractivity contribution in [2.24, 2.45) is 4.99 Å². The maximum atomic E-state index is 13.7. The van der Waals surface area contributed by atoms with Crippen molar-refractivity contribution >= 4 is 29.4 Å². The second-order valence-electron chi connectivity index (χ2n) is 8.44. The van der Waals surface area contributed by atoms with Crippen molar-refractivity contribution < 1.29 is 28.2 Å². The van der Waals surface area contributed by atoms with Gasteiger partial charge in [0.25, 0.3) is 5.56 Å². The number of hydrogen-bond donors (Lipinski definition) is 1. The first-order valence-corrected chi connectivity index (χ1v) is 12.5. The summed E-state index contributed by atoms with van der Waals surface area (Å²) < 4.78 is 26.6. The number of benzene rings is 2. The van der Waals surface area contributed by atoms with Crippen LogP contribution in [0.5, 0.6) is 0 Å². The summed E-state index contributed by atoms with van der Waals surface area (Å²) in [6.07, 6.45) is 1.59. The van der Waals surface area contributed by atoms with E-state index >= 15 is 0 Å². The normalized spacial score (nSPS) is 15.2. The number of rotatable bonds is 6. The number of fused-ring (bicyclic) bond motifs is 1. The van der Waals surface area contributed by atoms with Crippen molar-refractivity contribution in [1.82, 2.24) is 4.57 Å². The Morgan fingerprint density at radius 1 is 1.13 bits per heavy atom. The molecular weight excluding hydrogens is 511 g/mol. The predicted octanol–water partition coefficient (Wildman–Crippen LogP) is 3.90. The van der Waals surface area contributed by atoms with E-state index in [1.807, 2.05) is 0 Å². The number of aromatic carboxylic acids is 1. The number of esters is 1. The smallest absolute Gasteiger partial charge is 0.338 e. The van der Waals surface area contributed by atoms with Gasteiger partial charge in [0, 0.05) is 11.6 Å². The van der Waals surface area contributed by atoms with Crippen molar-refractivity contribution in [1.29, 1.82) is 0 Å². The Balaban J connectivity index is 1.59. The van der Waals surface area contributed by atoms with Crippen LogP contribution in [-0.4, -0.2) is 28.2 Å². The minimum Gasteiger partial charge on any atom is -0.478 e.